The average Bonchev–Trinajstić information content (AvgIpc) is 2.22. The third-order valence-electron chi connectivity index (χ3n) is 3.50. The van der Waals surface area contributed by atoms with Gasteiger partial charge in [0.25, 0.3) is 0 Å². The summed E-state index contributed by atoms with van der Waals surface area (Å²) in [6.45, 7) is 4.41. The van der Waals surface area contributed by atoms with Crippen LogP contribution in [0, 0.1) is 17.6 Å². The van der Waals surface area contributed by atoms with Gasteiger partial charge < -0.3 is 10.6 Å². The molecule has 0 spiro atoms. The first-order valence-electron chi connectivity index (χ1n) is 6.48. The second-order valence-electron chi connectivity index (χ2n) is 4.80. The monoisotopic (exact) mass is 255 g/mol. The molecule has 2 N–H and O–H groups in total. The van der Waals surface area contributed by atoms with Gasteiger partial charge in [-0.25, -0.2) is 13.8 Å². The predicted octanol–water partition coefficient (Wildman–Crippen LogP) is 3.39. The van der Waals surface area contributed by atoms with Gasteiger partial charge in [-0.3, -0.25) is 0 Å². The highest BCUT2D eigenvalue weighted by molar-refractivity contribution is 5.48. The second-order valence-corrected chi connectivity index (χ2v) is 4.80. The van der Waals surface area contributed by atoms with Crippen molar-refractivity contribution in [2.75, 3.05) is 17.2 Å². The minimum absolute atomic E-state index is 0.0993. The highest BCUT2D eigenvalue weighted by Gasteiger charge is 2.25. The number of hydrogen-bond donors (Lipinski definition) is 2. The fourth-order valence-electron chi connectivity index (χ4n) is 2.13. The Morgan fingerprint density at radius 2 is 2.00 bits per heavy atom. The molecule has 0 amide bonds. The first-order valence-corrected chi connectivity index (χ1v) is 6.48. The van der Waals surface area contributed by atoms with Crippen molar-refractivity contribution in [1.82, 2.24) is 4.98 Å². The zero-order valence-corrected chi connectivity index (χ0v) is 10.8. The number of aromatic nitrogens is 1. The summed E-state index contributed by atoms with van der Waals surface area (Å²) in [7, 11) is 0. The fraction of sp³-hybridized carbons (Fsp3) is 0.615. The van der Waals surface area contributed by atoms with Crippen molar-refractivity contribution in [2.24, 2.45) is 5.92 Å². The Balaban J connectivity index is 2.12. The van der Waals surface area contributed by atoms with Gasteiger partial charge >= 0.3 is 0 Å². The quantitative estimate of drug-likeness (QED) is 0.846. The maximum absolute atomic E-state index is 13.6. The molecule has 1 aromatic rings. The van der Waals surface area contributed by atoms with Crippen LogP contribution in [0.3, 0.4) is 0 Å². The molecule has 1 heterocycles. The van der Waals surface area contributed by atoms with Crippen LogP contribution in [0.25, 0.3) is 0 Å². The minimum Gasteiger partial charge on any atom is -0.368 e. The molecular formula is C13H19F2N3. The standard InChI is InChI=1S/C13H19F2N3/c1-3-16-12-10(14)7-11(15)13(18-12)17-8(2)9-5-4-6-9/h7-9H,3-6H2,1-2H3,(H2,16,17,18). The molecule has 0 bridgehead atoms. The van der Waals surface area contributed by atoms with Crippen LogP contribution in [0.4, 0.5) is 20.4 Å². The lowest BCUT2D eigenvalue weighted by atomic mass is 9.80. The molecule has 1 saturated carbocycles. The maximum atomic E-state index is 13.6. The van der Waals surface area contributed by atoms with Gasteiger partial charge in [0.1, 0.15) is 0 Å². The molecule has 1 aromatic heterocycles. The van der Waals surface area contributed by atoms with E-state index in [0.717, 1.165) is 18.9 Å². The van der Waals surface area contributed by atoms with Crippen molar-refractivity contribution in [2.45, 2.75) is 39.2 Å². The van der Waals surface area contributed by atoms with Gasteiger partial charge in [0, 0.05) is 18.7 Å². The number of rotatable bonds is 5. The van der Waals surface area contributed by atoms with Gasteiger partial charge in [-0.1, -0.05) is 6.42 Å². The molecule has 1 aliphatic rings. The third-order valence-corrected chi connectivity index (χ3v) is 3.50. The van der Waals surface area contributed by atoms with E-state index in [1.807, 2.05) is 13.8 Å². The van der Waals surface area contributed by atoms with E-state index in [0.29, 0.717) is 12.5 Å². The van der Waals surface area contributed by atoms with E-state index in [-0.39, 0.29) is 17.7 Å². The van der Waals surface area contributed by atoms with Crippen LogP contribution < -0.4 is 10.6 Å². The first-order chi connectivity index (χ1) is 8.61. The summed E-state index contributed by atoms with van der Waals surface area (Å²) in [5.74, 6) is -0.496. The Kier molecular flexibility index (Phi) is 3.99. The topological polar surface area (TPSA) is 37.0 Å². The largest absolute Gasteiger partial charge is 0.368 e. The Morgan fingerprint density at radius 1 is 1.33 bits per heavy atom. The van der Waals surface area contributed by atoms with Crippen LogP contribution in [0.5, 0.6) is 0 Å². The lowest BCUT2D eigenvalue weighted by Crippen LogP contribution is -2.31. The van der Waals surface area contributed by atoms with E-state index in [1.54, 1.807) is 0 Å². The van der Waals surface area contributed by atoms with Gasteiger partial charge in [0.15, 0.2) is 23.3 Å². The normalized spacial score (nSPS) is 17.1. The number of nitrogens with zero attached hydrogens (tertiary/aromatic N) is 1. The molecule has 100 valence electrons. The smallest absolute Gasteiger partial charge is 0.168 e. The van der Waals surface area contributed by atoms with E-state index in [1.165, 1.54) is 6.42 Å². The van der Waals surface area contributed by atoms with Crippen LogP contribution in [-0.2, 0) is 0 Å². The Morgan fingerprint density at radius 3 is 2.56 bits per heavy atom. The molecule has 2 rings (SSSR count). The Bertz CT molecular complexity index is 419. The van der Waals surface area contributed by atoms with Crippen LogP contribution in [0.1, 0.15) is 33.1 Å². The third kappa shape index (κ3) is 2.71. The summed E-state index contributed by atoms with van der Waals surface area (Å²) in [4.78, 5) is 3.97. The van der Waals surface area contributed by atoms with E-state index >= 15 is 0 Å². The number of anilines is 2. The van der Waals surface area contributed by atoms with Crippen molar-refractivity contribution in [1.29, 1.82) is 0 Å². The summed E-state index contributed by atoms with van der Waals surface area (Å²) in [6, 6.07) is 1.04. The van der Waals surface area contributed by atoms with Gasteiger partial charge in [-0.15, -0.1) is 0 Å². The van der Waals surface area contributed by atoms with Gasteiger partial charge in [-0.05, 0) is 32.6 Å². The van der Waals surface area contributed by atoms with Crippen molar-refractivity contribution >= 4 is 11.6 Å². The predicted molar refractivity (Wildman–Crippen MR) is 68.7 cm³/mol. The minimum atomic E-state index is -0.656. The molecule has 3 nitrogen and oxygen atoms in total. The van der Waals surface area contributed by atoms with Crippen LogP contribution in [0.15, 0.2) is 6.07 Å². The zero-order valence-electron chi connectivity index (χ0n) is 10.8. The van der Waals surface area contributed by atoms with Gasteiger partial charge in [0.05, 0.1) is 0 Å². The summed E-state index contributed by atoms with van der Waals surface area (Å²) >= 11 is 0. The zero-order chi connectivity index (χ0) is 13.1. The van der Waals surface area contributed by atoms with E-state index in [2.05, 4.69) is 15.6 Å². The van der Waals surface area contributed by atoms with Gasteiger partial charge in [-0.2, -0.15) is 0 Å². The Labute approximate surface area is 106 Å². The van der Waals surface area contributed by atoms with Crippen LogP contribution in [-0.4, -0.2) is 17.6 Å². The molecule has 18 heavy (non-hydrogen) atoms. The van der Waals surface area contributed by atoms with Crippen molar-refractivity contribution < 1.29 is 8.78 Å². The van der Waals surface area contributed by atoms with Gasteiger partial charge in [0.2, 0.25) is 0 Å². The van der Waals surface area contributed by atoms with E-state index in [4.69, 9.17) is 0 Å². The molecule has 1 fully saturated rings. The number of pyridine rings is 1. The highest BCUT2D eigenvalue weighted by Crippen LogP contribution is 2.31. The van der Waals surface area contributed by atoms with E-state index < -0.39 is 11.6 Å². The SMILES string of the molecule is CCNc1nc(NC(C)C2CCC2)c(F)cc1F. The number of hydrogen-bond acceptors (Lipinski definition) is 3. The van der Waals surface area contributed by atoms with Crippen molar-refractivity contribution in [3.8, 4) is 0 Å². The number of nitrogens with one attached hydrogen (secondary N) is 2. The summed E-state index contributed by atoms with van der Waals surface area (Å²) in [6.07, 6.45) is 3.56. The molecule has 1 atom stereocenters. The lowest BCUT2D eigenvalue weighted by Gasteiger charge is -2.32. The first kappa shape index (κ1) is 13.1. The Hall–Kier alpha value is -1.39. The lowest BCUT2D eigenvalue weighted by molar-refractivity contribution is 0.284. The summed E-state index contributed by atoms with van der Waals surface area (Å²) in [5.41, 5.74) is 0. The molecule has 0 radical (unpaired) electrons. The fourth-order valence-corrected chi connectivity index (χ4v) is 2.13. The average molecular weight is 255 g/mol. The number of halogens is 2. The maximum Gasteiger partial charge on any atom is 0.168 e. The second kappa shape index (κ2) is 5.50. The molecular weight excluding hydrogens is 236 g/mol. The van der Waals surface area contributed by atoms with Crippen LogP contribution in [0.2, 0.25) is 0 Å². The summed E-state index contributed by atoms with van der Waals surface area (Å²) < 4.78 is 27.0. The molecule has 0 aliphatic heterocycles. The molecule has 1 unspecified atom stereocenters. The van der Waals surface area contributed by atoms with E-state index in [9.17, 15) is 8.78 Å². The molecule has 1 aliphatic carbocycles. The summed E-state index contributed by atoms with van der Waals surface area (Å²) in [5, 5.41) is 5.83. The molecule has 0 saturated heterocycles. The van der Waals surface area contributed by atoms with Crippen LogP contribution >= 0.6 is 0 Å². The highest BCUT2D eigenvalue weighted by atomic mass is 19.1. The van der Waals surface area contributed by atoms with Crippen molar-refractivity contribution in [3.05, 3.63) is 17.7 Å². The molecule has 0 aromatic carbocycles. The molecule has 5 heteroatoms. The van der Waals surface area contributed by atoms with Crippen molar-refractivity contribution in [3.63, 3.8) is 0 Å².